The van der Waals surface area contributed by atoms with E-state index in [0.29, 0.717) is 0 Å². The Labute approximate surface area is 130 Å². The SMILES string of the molecule is CC.CN1CCOC2(CC[N-]C2)C1.[K+]. The average molecular weight is 224 g/mol. The maximum Gasteiger partial charge on any atom is 1.00 e. The molecule has 2 saturated heterocycles. The molecule has 0 aromatic heterocycles. The molecule has 4 heteroatoms. The second-order valence-electron chi connectivity index (χ2n) is 3.62. The molecule has 2 aliphatic rings. The van der Waals surface area contributed by atoms with Crippen LogP contribution in [0.4, 0.5) is 0 Å². The summed E-state index contributed by atoms with van der Waals surface area (Å²) < 4.78 is 5.76. The third-order valence-corrected chi connectivity index (χ3v) is 2.56. The van der Waals surface area contributed by atoms with Crippen LogP contribution in [0.15, 0.2) is 0 Å². The molecule has 3 nitrogen and oxygen atoms in total. The Morgan fingerprint density at radius 2 is 2.07 bits per heavy atom. The van der Waals surface area contributed by atoms with Gasteiger partial charge in [-0.3, -0.25) is 0 Å². The summed E-state index contributed by atoms with van der Waals surface area (Å²) in [5, 5.41) is 4.34. The molecule has 0 radical (unpaired) electrons. The van der Waals surface area contributed by atoms with Crippen LogP contribution in [0.1, 0.15) is 20.3 Å². The van der Waals surface area contributed by atoms with Crippen molar-refractivity contribution in [1.82, 2.24) is 4.90 Å². The standard InChI is InChI=1S/C8H15N2O.C2H6.K/c1-10-4-5-11-8(7-10)2-3-9-6-8;1-2;/h2-7H2,1H3;1-2H3;/q-1;;+1. The molecular weight excluding hydrogens is 203 g/mol. The molecule has 0 saturated carbocycles. The van der Waals surface area contributed by atoms with Gasteiger partial charge in [-0.2, -0.15) is 0 Å². The fraction of sp³-hybridized carbons (Fsp3) is 1.00. The predicted molar refractivity (Wildman–Crippen MR) is 55.2 cm³/mol. The van der Waals surface area contributed by atoms with Crippen LogP contribution >= 0.6 is 0 Å². The van der Waals surface area contributed by atoms with Crippen molar-refractivity contribution in [3.05, 3.63) is 5.32 Å². The van der Waals surface area contributed by atoms with Crippen LogP contribution in [0.5, 0.6) is 0 Å². The maximum atomic E-state index is 5.76. The molecular formula is C10H21KN2O. The maximum absolute atomic E-state index is 5.76. The topological polar surface area (TPSA) is 26.6 Å². The van der Waals surface area contributed by atoms with E-state index in [4.69, 9.17) is 4.74 Å². The first-order chi connectivity index (χ1) is 6.31. The summed E-state index contributed by atoms with van der Waals surface area (Å²) in [6, 6.07) is 0. The molecule has 2 rings (SSSR count). The summed E-state index contributed by atoms with van der Waals surface area (Å²) in [6.07, 6.45) is 1.12. The first kappa shape index (κ1) is 15.5. The van der Waals surface area contributed by atoms with Gasteiger partial charge in [0.2, 0.25) is 0 Å². The van der Waals surface area contributed by atoms with Crippen LogP contribution in [-0.2, 0) is 4.74 Å². The zero-order valence-electron chi connectivity index (χ0n) is 10.0. The first-order valence-electron chi connectivity index (χ1n) is 5.27. The van der Waals surface area contributed by atoms with E-state index in [0.717, 1.165) is 39.2 Å². The first-order valence-corrected chi connectivity index (χ1v) is 5.27. The second kappa shape index (κ2) is 7.74. The molecule has 0 bridgehead atoms. The minimum Gasteiger partial charge on any atom is -0.660 e. The summed E-state index contributed by atoms with van der Waals surface area (Å²) in [6.45, 7) is 8.93. The van der Waals surface area contributed by atoms with Crippen molar-refractivity contribution in [1.29, 1.82) is 0 Å². The van der Waals surface area contributed by atoms with Crippen LogP contribution in [-0.4, -0.2) is 50.3 Å². The predicted octanol–water partition coefficient (Wildman–Crippen LogP) is -1.51. The van der Waals surface area contributed by atoms with Crippen LogP contribution in [0.25, 0.3) is 5.32 Å². The van der Waals surface area contributed by atoms with Gasteiger partial charge in [-0.15, -0.1) is 13.1 Å². The third-order valence-electron chi connectivity index (χ3n) is 2.56. The van der Waals surface area contributed by atoms with E-state index in [2.05, 4.69) is 17.3 Å². The van der Waals surface area contributed by atoms with E-state index in [1.807, 2.05) is 13.8 Å². The summed E-state index contributed by atoms with van der Waals surface area (Å²) in [5.41, 5.74) is 0.104. The summed E-state index contributed by atoms with van der Waals surface area (Å²) >= 11 is 0. The number of ether oxygens (including phenoxy) is 1. The molecule has 1 unspecified atom stereocenters. The van der Waals surface area contributed by atoms with Crippen molar-refractivity contribution < 1.29 is 56.1 Å². The normalized spacial score (nSPS) is 31.9. The number of likely N-dealkylation sites (N-methyl/N-ethyl adjacent to an activating group) is 1. The monoisotopic (exact) mass is 224 g/mol. The Balaban J connectivity index is 0.000000531. The Bertz CT molecular complexity index is 149. The van der Waals surface area contributed by atoms with Crippen LogP contribution in [0.2, 0.25) is 0 Å². The molecule has 14 heavy (non-hydrogen) atoms. The van der Waals surface area contributed by atoms with Gasteiger partial charge in [-0.1, -0.05) is 13.8 Å². The van der Waals surface area contributed by atoms with Crippen molar-refractivity contribution in [3.8, 4) is 0 Å². The molecule has 0 amide bonds. The van der Waals surface area contributed by atoms with E-state index in [1.54, 1.807) is 0 Å². The summed E-state index contributed by atoms with van der Waals surface area (Å²) in [7, 11) is 2.16. The van der Waals surface area contributed by atoms with Crippen LogP contribution in [0.3, 0.4) is 0 Å². The fourth-order valence-corrected chi connectivity index (χ4v) is 1.93. The van der Waals surface area contributed by atoms with Gasteiger partial charge in [0.1, 0.15) is 0 Å². The van der Waals surface area contributed by atoms with Gasteiger partial charge < -0.3 is 15.0 Å². The van der Waals surface area contributed by atoms with Gasteiger partial charge in [0, 0.05) is 13.1 Å². The van der Waals surface area contributed by atoms with Gasteiger partial charge in [-0.25, -0.2) is 0 Å². The van der Waals surface area contributed by atoms with E-state index in [-0.39, 0.29) is 57.0 Å². The van der Waals surface area contributed by atoms with E-state index in [9.17, 15) is 0 Å². The van der Waals surface area contributed by atoms with E-state index >= 15 is 0 Å². The molecule has 2 fully saturated rings. The third kappa shape index (κ3) is 4.18. The molecule has 2 heterocycles. The number of rotatable bonds is 0. The Morgan fingerprint density at radius 3 is 2.57 bits per heavy atom. The number of nitrogens with zero attached hydrogens (tertiary/aromatic N) is 2. The van der Waals surface area contributed by atoms with Crippen molar-refractivity contribution in [2.24, 2.45) is 0 Å². The minimum absolute atomic E-state index is 0. The molecule has 0 N–H and O–H groups in total. The largest absolute Gasteiger partial charge is 1.00 e. The van der Waals surface area contributed by atoms with Crippen LogP contribution < -0.4 is 51.4 Å². The van der Waals surface area contributed by atoms with Crippen molar-refractivity contribution >= 4 is 0 Å². The van der Waals surface area contributed by atoms with Crippen molar-refractivity contribution in [2.45, 2.75) is 25.9 Å². The quantitative estimate of drug-likeness (QED) is 0.468. The van der Waals surface area contributed by atoms with Crippen molar-refractivity contribution in [3.63, 3.8) is 0 Å². The Morgan fingerprint density at radius 1 is 1.36 bits per heavy atom. The van der Waals surface area contributed by atoms with Crippen LogP contribution in [0, 0.1) is 0 Å². The number of morpholine rings is 1. The smallest absolute Gasteiger partial charge is 0.660 e. The number of hydrogen-bond acceptors (Lipinski definition) is 2. The molecule has 1 spiro atoms. The number of hydrogen-bond donors (Lipinski definition) is 0. The summed E-state index contributed by atoms with van der Waals surface area (Å²) in [4.78, 5) is 2.34. The molecule has 1 atom stereocenters. The minimum atomic E-state index is 0. The molecule has 0 aromatic rings. The molecule has 78 valence electrons. The van der Waals surface area contributed by atoms with Gasteiger partial charge in [-0.05, 0) is 13.5 Å². The molecule has 0 aromatic carbocycles. The van der Waals surface area contributed by atoms with Gasteiger partial charge in [0.15, 0.2) is 0 Å². The van der Waals surface area contributed by atoms with Gasteiger partial charge in [0.05, 0.1) is 12.2 Å². The van der Waals surface area contributed by atoms with Gasteiger partial charge in [0.25, 0.3) is 0 Å². The average Bonchev–Trinajstić information content (AvgIpc) is 2.56. The van der Waals surface area contributed by atoms with E-state index in [1.165, 1.54) is 0 Å². The zero-order chi connectivity index (χ0) is 9.73. The fourth-order valence-electron chi connectivity index (χ4n) is 1.93. The molecule has 2 aliphatic heterocycles. The summed E-state index contributed by atoms with van der Waals surface area (Å²) in [5.74, 6) is 0. The zero-order valence-corrected chi connectivity index (χ0v) is 13.2. The second-order valence-corrected chi connectivity index (χ2v) is 3.62. The van der Waals surface area contributed by atoms with Crippen molar-refractivity contribution in [2.75, 3.05) is 39.8 Å². The Kier molecular flexibility index (Phi) is 8.57. The Hall–Kier alpha value is 1.52. The van der Waals surface area contributed by atoms with Gasteiger partial charge >= 0.3 is 51.4 Å². The molecule has 0 aliphatic carbocycles. The van der Waals surface area contributed by atoms with E-state index < -0.39 is 0 Å².